The van der Waals surface area contributed by atoms with Crippen LogP contribution in [0.5, 0.6) is 5.75 Å². The maximum Gasteiger partial charge on any atom is 0.393 e. The minimum absolute atomic E-state index is 0.0547. The number of carboxylic acids is 1. The number of hydrogen-bond acceptors (Lipinski definition) is 18. The number of benzene rings is 1. The van der Waals surface area contributed by atoms with Gasteiger partial charge in [-0.25, -0.2) is 22.8 Å². The molecule has 3 aliphatic rings. The van der Waals surface area contributed by atoms with Crippen molar-refractivity contribution >= 4 is 62.8 Å². The van der Waals surface area contributed by atoms with E-state index in [0.29, 0.717) is 36.2 Å². The zero-order chi connectivity index (χ0) is 42.6. The molecule has 2 saturated heterocycles. The van der Waals surface area contributed by atoms with Gasteiger partial charge in [-0.15, -0.1) is 11.3 Å². The number of nitrogen functional groups attached to an aromatic ring is 1. The van der Waals surface area contributed by atoms with E-state index < -0.39 is 57.2 Å². The number of hydroxylamine groups is 2. The molecule has 24 heteroatoms. The van der Waals surface area contributed by atoms with Crippen LogP contribution in [-0.2, 0) is 52.2 Å². The number of carbonyl (C=O) groups excluding carboxylic acids is 2. The molecule has 1 aromatic carbocycles. The summed E-state index contributed by atoms with van der Waals surface area (Å²) in [6, 6.07) is 4.20. The Balaban J connectivity index is 0.00000207. The maximum atomic E-state index is 13.5. The number of aliphatic carboxylic acids is 1. The maximum absolute atomic E-state index is 13.5. The Kier molecular flexibility index (Phi) is 13.2. The average Bonchev–Trinajstić information content (AvgIpc) is 3.58. The number of nitrogens with zero attached hydrogens (tertiary/aromatic N) is 6. The highest BCUT2D eigenvalue weighted by Crippen LogP contribution is 2.37. The summed E-state index contributed by atoms with van der Waals surface area (Å²) >= 11 is 0.963. The molecule has 5 heterocycles. The SMILES string of the molecule is C[n+]1cc(-c2ccc3c(c2)CCC(C(C)(O/N=C(\C(=O)NC2C(=O)N(OS(=O)(=O)[O-])C2(C)C)c2csc(N)n2)C(=O)O)O3)cnc1N(CCN)CC1CNC1.O=CO. The summed E-state index contributed by atoms with van der Waals surface area (Å²) in [6.45, 7) is 7.68. The van der Waals surface area contributed by atoms with E-state index in [0.717, 1.165) is 53.6 Å². The molecule has 2 amide bonds. The molecule has 6 rings (SSSR count). The minimum Gasteiger partial charge on any atom is -0.724 e. The van der Waals surface area contributed by atoms with Crippen LogP contribution in [0.15, 0.2) is 41.1 Å². The third-order valence-electron chi connectivity index (χ3n) is 9.80. The Labute approximate surface area is 336 Å². The summed E-state index contributed by atoms with van der Waals surface area (Å²) in [5, 5.41) is 28.6. The summed E-state index contributed by atoms with van der Waals surface area (Å²) < 4.78 is 45.7. The number of carbonyl (C=O) groups is 4. The van der Waals surface area contributed by atoms with E-state index in [1.165, 1.54) is 26.2 Å². The predicted octanol–water partition coefficient (Wildman–Crippen LogP) is -1.25. The van der Waals surface area contributed by atoms with Crippen molar-refractivity contribution in [2.45, 2.75) is 56.9 Å². The number of fused-ring (bicyclic) bond motifs is 1. The fourth-order valence-electron chi connectivity index (χ4n) is 6.54. The number of nitrogens with one attached hydrogen (secondary N) is 2. The van der Waals surface area contributed by atoms with Gasteiger partial charge in [0.25, 0.3) is 23.9 Å². The van der Waals surface area contributed by atoms with Gasteiger partial charge in [0, 0.05) is 36.5 Å². The fraction of sp³-hybridized carbons (Fsp3) is 0.471. The molecule has 3 unspecified atom stereocenters. The quantitative estimate of drug-likeness (QED) is 0.0198. The van der Waals surface area contributed by atoms with E-state index in [2.05, 4.69) is 30.0 Å². The number of β-lactam (4-membered cyclic amide) rings is 1. The van der Waals surface area contributed by atoms with Crippen molar-refractivity contribution in [3.63, 3.8) is 0 Å². The highest BCUT2D eigenvalue weighted by Gasteiger charge is 2.58. The van der Waals surface area contributed by atoms with E-state index in [1.807, 2.05) is 36.1 Å². The molecule has 22 nitrogen and oxygen atoms in total. The first-order valence-corrected chi connectivity index (χ1v) is 19.9. The Morgan fingerprint density at radius 2 is 2.03 bits per heavy atom. The topological polar surface area (TPSA) is 318 Å². The largest absolute Gasteiger partial charge is 0.724 e. The first-order chi connectivity index (χ1) is 27.3. The van der Waals surface area contributed by atoms with Gasteiger partial charge in [0.05, 0.1) is 31.9 Å². The summed E-state index contributed by atoms with van der Waals surface area (Å²) in [4.78, 5) is 64.0. The number of amides is 2. The number of anilines is 2. The van der Waals surface area contributed by atoms with E-state index in [9.17, 15) is 32.5 Å². The standard InChI is InChI=1S/C33H42N10O10S2.CH2O2/c1-32(2)26(28(45)43(32)53-55(48,49)50)39-27(44)25(22-17-54-30(35)38-22)40-52-33(3,29(46)47)24-8-6-20-11-19(5-7-23(20)51-24)21-14-37-31(41(4)16-21)42(10-9-34)15-18-12-36-13-18;2-1-3/h5,7,11,14,16-18,24,26,36H,6,8-10,12-13,15,34H2,1-4H3,(H4-,35,38,39,44,46,47,48,49,50);1H,(H,2,3)/b40-25-;. The molecule has 2 aromatic heterocycles. The van der Waals surface area contributed by atoms with Crippen LogP contribution in [-0.4, -0.2) is 124 Å². The first-order valence-electron chi connectivity index (χ1n) is 17.7. The monoisotopic (exact) mass is 848 g/mol. The number of aromatic nitrogens is 3. The highest BCUT2D eigenvalue weighted by atomic mass is 32.3. The van der Waals surface area contributed by atoms with Gasteiger partial charge in [0.15, 0.2) is 16.9 Å². The van der Waals surface area contributed by atoms with Crippen molar-refractivity contribution in [1.29, 1.82) is 0 Å². The smallest absolute Gasteiger partial charge is 0.393 e. The summed E-state index contributed by atoms with van der Waals surface area (Å²) in [6.07, 6.45) is 3.37. The molecule has 58 heavy (non-hydrogen) atoms. The lowest BCUT2D eigenvalue weighted by atomic mass is 9.84. The number of rotatable bonds is 15. The van der Waals surface area contributed by atoms with Crippen LogP contribution in [0, 0.1) is 5.92 Å². The van der Waals surface area contributed by atoms with Gasteiger partial charge < -0.3 is 46.4 Å². The highest BCUT2D eigenvalue weighted by molar-refractivity contribution is 7.80. The van der Waals surface area contributed by atoms with Crippen LogP contribution in [0.2, 0.25) is 0 Å². The molecule has 3 aromatic rings. The number of oxime groups is 1. The van der Waals surface area contributed by atoms with Gasteiger partial charge in [-0.2, -0.15) is 9.35 Å². The summed E-state index contributed by atoms with van der Waals surface area (Å²) in [7, 11) is -3.34. The molecule has 3 atom stereocenters. The van der Waals surface area contributed by atoms with Gasteiger partial charge in [-0.05, 0) is 56.9 Å². The Hall–Kier alpha value is -5.53. The molecule has 8 N–H and O–H groups in total. The zero-order valence-electron chi connectivity index (χ0n) is 31.9. The molecular weight excluding hydrogens is 805 g/mol. The van der Waals surface area contributed by atoms with E-state index in [-0.39, 0.29) is 23.7 Å². The molecule has 0 radical (unpaired) electrons. The number of nitrogens with two attached hydrogens (primary N) is 2. The first kappa shape index (κ1) is 43.6. The van der Waals surface area contributed by atoms with Crippen molar-refractivity contribution in [3.05, 3.63) is 47.2 Å². The van der Waals surface area contributed by atoms with Gasteiger partial charge in [-0.1, -0.05) is 16.2 Å². The van der Waals surface area contributed by atoms with Crippen LogP contribution in [0.4, 0.5) is 11.1 Å². The molecule has 0 saturated carbocycles. The number of thiazole rings is 1. The lowest BCUT2D eigenvalue weighted by Gasteiger charge is -2.51. The van der Waals surface area contributed by atoms with Crippen molar-refractivity contribution < 1.29 is 60.8 Å². The van der Waals surface area contributed by atoms with Crippen molar-refractivity contribution in [3.8, 4) is 16.9 Å². The molecule has 0 aliphatic carbocycles. The molecule has 3 aliphatic heterocycles. The normalized spacial score (nSPS) is 19.8. The van der Waals surface area contributed by atoms with Gasteiger partial charge >= 0.3 is 11.9 Å². The van der Waals surface area contributed by atoms with Crippen LogP contribution < -0.4 is 36.3 Å². The lowest BCUT2D eigenvalue weighted by Crippen LogP contribution is -2.76. The summed E-state index contributed by atoms with van der Waals surface area (Å²) in [5.74, 6) is -1.70. The molecule has 314 valence electrons. The summed E-state index contributed by atoms with van der Waals surface area (Å²) in [5.41, 5.74) is 10.1. The van der Waals surface area contributed by atoms with Gasteiger partial charge in [-0.3, -0.25) is 19.3 Å². The fourth-order valence-corrected chi connectivity index (χ4v) is 7.54. The molecule has 2 fully saturated rings. The molecular formula is C34H44N10O12S2. The zero-order valence-corrected chi connectivity index (χ0v) is 33.5. The third-order valence-corrected chi connectivity index (χ3v) is 10.8. The van der Waals surface area contributed by atoms with Crippen LogP contribution in [0.1, 0.15) is 38.4 Å². The van der Waals surface area contributed by atoms with Crippen LogP contribution in [0.25, 0.3) is 11.1 Å². The van der Waals surface area contributed by atoms with Crippen molar-refractivity contribution in [2.75, 3.05) is 43.4 Å². The van der Waals surface area contributed by atoms with Crippen LogP contribution in [0.3, 0.4) is 0 Å². The minimum atomic E-state index is -5.29. The Morgan fingerprint density at radius 3 is 2.59 bits per heavy atom. The number of carboxylic acid groups (broad SMARTS) is 2. The Bertz CT molecular complexity index is 2180. The number of hydrogen-bond donors (Lipinski definition) is 6. The second-order valence-electron chi connectivity index (χ2n) is 14.3. The molecule has 0 bridgehead atoms. The lowest BCUT2D eigenvalue weighted by molar-refractivity contribution is -0.661. The Morgan fingerprint density at radius 1 is 1.33 bits per heavy atom. The van der Waals surface area contributed by atoms with Crippen LogP contribution >= 0.6 is 11.3 Å². The van der Waals surface area contributed by atoms with E-state index in [4.69, 9.17) is 35.9 Å². The molecule has 0 spiro atoms. The predicted molar refractivity (Wildman–Crippen MR) is 204 cm³/mol. The van der Waals surface area contributed by atoms with Crippen molar-refractivity contribution in [1.82, 2.24) is 25.7 Å². The van der Waals surface area contributed by atoms with Gasteiger partial charge in [0.2, 0.25) is 10.4 Å². The van der Waals surface area contributed by atoms with Gasteiger partial charge in [0.1, 0.15) is 23.7 Å². The third kappa shape index (κ3) is 9.43. The second-order valence-corrected chi connectivity index (χ2v) is 16.1. The average molecular weight is 849 g/mol. The van der Waals surface area contributed by atoms with E-state index >= 15 is 0 Å². The van der Waals surface area contributed by atoms with E-state index in [1.54, 1.807) is 6.07 Å². The second kappa shape index (κ2) is 17.5. The number of ether oxygens (including phenoxy) is 1. The van der Waals surface area contributed by atoms with Crippen molar-refractivity contribution in [2.24, 2.45) is 23.9 Å². The number of aryl methyl sites for hydroxylation is 2.